The molecule has 0 N–H and O–H groups in total. The number of halogens is 1. The van der Waals surface area contributed by atoms with Crippen LogP contribution in [0.5, 0.6) is 5.75 Å². The first kappa shape index (κ1) is 28.8. The van der Waals surface area contributed by atoms with Crippen LogP contribution in [0.3, 0.4) is 0 Å². The van der Waals surface area contributed by atoms with Crippen LogP contribution in [0.4, 0.5) is 0 Å². The molecule has 4 aromatic rings. The van der Waals surface area contributed by atoms with Gasteiger partial charge in [-0.25, -0.2) is 9.79 Å². The zero-order valence-electron chi connectivity index (χ0n) is 24.1. The predicted octanol–water partition coefficient (Wildman–Crippen LogP) is 5.67. The molecule has 0 fully saturated rings. The molecule has 0 bridgehead atoms. The summed E-state index contributed by atoms with van der Waals surface area (Å²) in [7, 11) is 1.57. The standard InChI is InChI=1S/C32H32BrN3O4S/c1-17(2)40-31(38)28-20(5)34-32-36(29(28)25-16-23(33)11-12-26(25)39-7)30(37)27(41-32)15-22-14-19(4)35(21(22)6)24-10-8-9-18(3)13-24/h8-17,29H,1-7H3/b27-15-/t29-/m0/s1. The van der Waals surface area contributed by atoms with E-state index in [0.29, 0.717) is 31.9 Å². The normalized spacial score (nSPS) is 15.2. The molecule has 0 saturated heterocycles. The third kappa shape index (κ3) is 5.36. The van der Waals surface area contributed by atoms with E-state index in [4.69, 9.17) is 14.5 Å². The van der Waals surface area contributed by atoms with Crippen LogP contribution >= 0.6 is 27.3 Å². The van der Waals surface area contributed by atoms with Crippen molar-refractivity contribution >= 4 is 39.3 Å². The van der Waals surface area contributed by atoms with Crippen LogP contribution in [0.1, 0.15) is 54.9 Å². The predicted molar refractivity (Wildman–Crippen MR) is 166 cm³/mol. The van der Waals surface area contributed by atoms with Crippen molar-refractivity contribution in [2.75, 3.05) is 7.11 Å². The van der Waals surface area contributed by atoms with Gasteiger partial charge in [-0.1, -0.05) is 39.4 Å². The Morgan fingerprint density at radius 1 is 1.10 bits per heavy atom. The van der Waals surface area contributed by atoms with E-state index in [-0.39, 0.29) is 11.7 Å². The number of hydrogen-bond acceptors (Lipinski definition) is 6. The number of hydrogen-bond donors (Lipinski definition) is 0. The van der Waals surface area contributed by atoms with Crippen LogP contribution in [0.25, 0.3) is 11.8 Å². The number of ether oxygens (including phenoxy) is 2. The highest BCUT2D eigenvalue weighted by Gasteiger charge is 2.35. The van der Waals surface area contributed by atoms with Crippen molar-refractivity contribution in [3.8, 4) is 11.4 Å². The second-order valence-corrected chi connectivity index (χ2v) is 12.3. The Kier molecular flexibility index (Phi) is 7.94. The van der Waals surface area contributed by atoms with Gasteiger partial charge in [0.05, 0.1) is 29.0 Å². The Morgan fingerprint density at radius 3 is 2.54 bits per heavy atom. The molecule has 3 heterocycles. The third-order valence-electron chi connectivity index (χ3n) is 7.09. The van der Waals surface area contributed by atoms with Crippen molar-refractivity contribution in [3.05, 3.63) is 112 Å². The van der Waals surface area contributed by atoms with Gasteiger partial charge in [0, 0.05) is 27.1 Å². The van der Waals surface area contributed by atoms with Crippen molar-refractivity contribution in [2.24, 2.45) is 4.99 Å². The largest absolute Gasteiger partial charge is 0.496 e. The highest BCUT2D eigenvalue weighted by Crippen LogP contribution is 2.37. The number of aryl methyl sites for hydroxylation is 2. The summed E-state index contributed by atoms with van der Waals surface area (Å²) in [5.74, 6) is 0.0447. The van der Waals surface area contributed by atoms with E-state index >= 15 is 0 Å². The summed E-state index contributed by atoms with van der Waals surface area (Å²) in [6.45, 7) is 11.6. The van der Waals surface area contributed by atoms with Crippen molar-refractivity contribution in [3.63, 3.8) is 0 Å². The molecule has 5 rings (SSSR count). The Morgan fingerprint density at radius 2 is 1.85 bits per heavy atom. The molecule has 7 nitrogen and oxygen atoms in total. The molecule has 0 aliphatic carbocycles. The number of allylic oxidation sites excluding steroid dienone is 1. The number of carbonyl (C=O) groups is 1. The Balaban J connectivity index is 1.73. The molecule has 1 atom stereocenters. The summed E-state index contributed by atoms with van der Waals surface area (Å²) >= 11 is 4.86. The molecule has 9 heteroatoms. The first-order valence-electron chi connectivity index (χ1n) is 13.3. The van der Waals surface area contributed by atoms with E-state index < -0.39 is 12.0 Å². The lowest BCUT2D eigenvalue weighted by atomic mass is 9.95. The Hall–Kier alpha value is -3.69. The quantitative estimate of drug-likeness (QED) is 0.256. The minimum absolute atomic E-state index is 0.233. The lowest BCUT2D eigenvalue weighted by Crippen LogP contribution is -2.40. The van der Waals surface area contributed by atoms with Gasteiger partial charge in [-0.05, 0) is 95.1 Å². The first-order valence-corrected chi connectivity index (χ1v) is 14.9. The smallest absolute Gasteiger partial charge is 0.338 e. The van der Waals surface area contributed by atoms with Crippen LogP contribution in [-0.4, -0.2) is 28.3 Å². The van der Waals surface area contributed by atoms with Crippen LogP contribution < -0.4 is 19.6 Å². The van der Waals surface area contributed by atoms with Crippen molar-refractivity contribution in [1.29, 1.82) is 0 Å². The average molecular weight is 635 g/mol. The molecule has 0 amide bonds. The van der Waals surface area contributed by atoms with E-state index in [0.717, 1.165) is 27.1 Å². The molecule has 0 spiro atoms. The van der Waals surface area contributed by atoms with Crippen molar-refractivity contribution in [2.45, 2.75) is 53.7 Å². The minimum atomic E-state index is -0.771. The number of thiazole rings is 1. The molecule has 0 unspecified atom stereocenters. The van der Waals surface area contributed by atoms with Gasteiger partial charge in [0.25, 0.3) is 5.56 Å². The van der Waals surface area contributed by atoms with Crippen LogP contribution in [0.15, 0.2) is 74.1 Å². The van der Waals surface area contributed by atoms with Gasteiger partial charge in [-0.2, -0.15) is 0 Å². The number of benzene rings is 2. The molecule has 212 valence electrons. The maximum Gasteiger partial charge on any atom is 0.338 e. The second-order valence-electron chi connectivity index (χ2n) is 10.4. The number of fused-ring (bicyclic) bond motifs is 1. The van der Waals surface area contributed by atoms with Gasteiger partial charge in [0.1, 0.15) is 11.8 Å². The number of nitrogens with zero attached hydrogens (tertiary/aromatic N) is 3. The third-order valence-corrected chi connectivity index (χ3v) is 8.56. The highest BCUT2D eigenvalue weighted by atomic mass is 79.9. The first-order chi connectivity index (χ1) is 19.5. The summed E-state index contributed by atoms with van der Waals surface area (Å²) in [4.78, 5) is 32.8. The maximum absolute atomic E-state index is 14.1. The van der Waals surface area contributed by atoms with Crippen molar-refractivity contribution in [1.82, 2.24) is 9.13 Å². The van der Waals surface area contributed by atoms with Gasteiger partial charge >= 0.3 is 5.97 Å². The van der Waals surface area contributed by atoms with Gasteiger partial charge in [-0.15, -0.1) is 0 Å². The van der Waals surface area contributed by atoms with Gasteiger partial charge in [0.15, 0.2) is 4.80 Å². The van der Waals surface area contributed by atoms with E-state index in [9.17, 15) is 9.59 Å². The van der Waals surface area contributed by atoms with E-state index in [1.165, 1.54) is 16.9 Å². The lowest BCUT2D eigenvalue weighted by molar-refractivity contribution is -0.143. The number of esters is 1. The summed E-state index contributed by atoms with van der Waals surface area (Å²) in [6, 6.07) is 15.2. The topological polar surface area (TPSA) is 74.8 Å². The lowest BCUT2D eigenvalue weighted by Gasteiger charge is -2.26. The molecule has 2 aromatic heterocycles. The van der Waals surface area contributed by atoms with Crippen LogP contribution in [0, 0.1) is 20.8 Å². The Bertz CT molecular complexity index is 1890. The van der Waals surface area contributed by atoms with Crippen LogP contribution in [-0.2, 0) is 9.53 Å². The fourth-order valence-corrected chi connectivity index (χ4v) is 6.73. The number of rotatable bonds is 6. The average Bonchev–Trinajstić information content (AvgIpc) is 3.36. The fraction of sp³-hybridized carbons (Fsp3) is 0.281. The number of carbonyl (C=O) groups excluding carboxylic acids is 1. The fourth-order valence-electron chi connectivity index (χ4n) is 5.31. The molecule has 2 aromatic carbocycles. The van der Waals surface area contributed by atoms with Gasteiger partial charge < -0.3 is 14.0 Å². The zero-order valence-corrected chi connectivity index (χ0v) is 26.5. The molecule has 0 saturated carbocycles. The molecule has 41 heavy (non-hydrogen) atoms. The molecular weight excluding hydrogens is 602 g/mol. The summed E-state index contributed by atoms with van der Waals surface area (Å²) in [6.07, 6.45) is 1.58. The number of aromatic nitrogens is 2. The minimum Gasteiger partial charge on any atom is -0.496 e. The van der Waals surface area contributed by atoms with Gasteiger partial charge in [0.2, 0.25) is 0 Å². The number of methoxy groups -OCH3 is 1. The zero-order chi connectivity index (χ0) is 29.6. The monoisotopic (exact) mass is 633 g/mol. The van der Waals surface area contributed by atoms with E-state index in [1.54, 1.807) is 32.4 Å². The SMILES string of the molecule is COc1ccc(Br)cc1[C@H]1C(C(=O)OC(C)C)=C(C)N=c2s/c(=C\c3cc(C)n(-c4cccc(C)c4)c3C)c(=O)n21. The highest BCUT2D eigenvalue weighted by molar-refractivity contribution is 9.10. The molecule has 0 radical (unpaired) electrons. The Labute approximate surface area is 251 Å². The van der Waals surface area contributed by atoms with Crippen LogP contribution in [0.2, 0.25) is 0 Å². The van der Waals surface area contributed by atoms with Gasteiger partial charge in [-0.3, -0.25) is 9.36 Å². The molecular formula is C32H32BrN3O4S. The summed E-state index contributed by atoms with van der Waals surface area (Å²) in [5.41, 5.74) is 6.54. The van der Waals surface area contributed by atoms with Crippen molar-refractivity contribution < 1.29 is 14.3 Å². The maximum atomic E-state index is 14.1. The van der Waals surface area contributed by atoms with E-state index in [1.807, 2.05) is 30.3 Å². The van der Waals surface area contributed by atoms with E-state index in [2.05, 4.69) is 65.5 Å². The summed E-state index contributed by atoms with van der Waals surface area (Å²) in [5, 5.41) is 0. The summed E-state index contributed by atoms with van der Waals surface area (Å²) < 4.78 is 16.4. The molecule has 1 aliphatic heterocycles. The second kappa shape index (κ2) is 11.3. The molecule has 1 aliphatic rings.